The second-order valence-electron chi connectivity index (χ2n) is 5.23. The van der Waals surface area contributed by atoms with Crippen LogP contribution in [0.5, 0.6) is 0 Å². The Morgan fingerprint density at radius 2 is 1.91 bits per heavy atom. The van der Waals surface area contributed by atoms with Gasteiger partial charge in [-0.2, -0.15) is 0 Å². The van der Waals surface area contributed by atoms with Crippen molar-refractivity contribution in [2.45, 2.75) is 46.1 Å². The van der Waals surface area contributed by atoms with Crippen molar-refractivity contribution in [3.63, 3.8) is 0 Å². The smallest absolute Gasteiger partial charge is 0.0624 e. The number of hydrogen-bond acceptors (Lipinski definition) is 1. The summed E-state index contributed by atoms with van der Waals surface area (Å²) in [6.07, 6.45) is 3.78. The van der Waals surface area contributed by atoms with E-state index in [1.54, 1.807) is 0 Å². The molecule has 0 aromatic carbocycles. The molecule has 0 unspecified atom stereocenters. The first-order valence-electron chi connectivity index (χ1n) is 4.65. The zero-order valence-electron chi connectivity index (χ0n) is 7.72. The van der Waals surface area contributed by atoms with Crippen LogP contribution in [0.15, 0.2) is 0 Å². The van der Waals surface area contributed by atoms with E-state index < -0.39 is 0 Å². The summed E-state index contributed by atoms with van der Waals surface area (Å²) in [5.41, 5.74) is 0.590. The normalized spacial score (nSPS) is 53.5. The van der Waals surface area contributed by atoms with E-state index >= 15 is 0 Å². The zero-order valence-corrected chi connectivity index (χ0v) is 7.72. The van der Waals surface area contributed by atoms with Gasteiger partial charge in [0.25, 0.3) is 0 Å². The van der Waals surface area contributed by atoms with Gasteiger partial charge in [0, 0.05) is 0 Å². The molecule has 2 fully saturated rings. The summed E-state index contributed by atoms with van der Waals surface area (Å²) in [6, 6.07) is 0. The van der Waals surface area contributed by atoms with Crippen LogP contribution in [0, 0.1) is 16.7 Å². The van der Waals surface area contributed by atoms with Crippen LogP contribution in [0.25, 0.3) is 0 Å². The monoisotopic (exact) mass is 154 g/mol. The van der Waals surface area contributed by atoms with E-state index in [2.05, 4.69) is 20.8 Å². The minimum atomic E-state index is -0.0405. The lowest BCUT2D eigenvalue weighted by molar-refractivity contribution is -0.0302. The average Bonchev–Trinajstić information content (AvgIpc) is 2.36. The fourth-order valence-corrected chi connectivity index (χ4v) is 3.09. The number of hydrogen-bond donors (Lipinski definition) is 1. The summed E-state index contributed by atoms with van der Waals surface area (Å²) in [6.45, 7) is 6.77. The standard InChI is InChI=1S/C10H18O/c1-9(2)8(11)7-4-5-10(9,3)6-7/h7-8,11H,4-6H2,1-3H3/t7-,8+,10-/m1/s1. The van der Waals surface area contributed by atoms with E-state index in [0.29, 0.717) is 11.3 Å². The molecule has 64 valence electrons. The summed E-state index contributed by atoms with van der Waals surface area (Å²) in [5.74, 6) is 0.606. The van der Waals surface area contributed by atoms with Crippen LogP contribution in [0.2, 0.25) is 0 Å². The maximum atomic E-state index is 9.91. The van der Waals surface area contributed by atoms with Crippen molar-refractivity contribution in [2.75, 3.05) is 0 Å². The first kappa shape index (κ1) is 7.60. The molecular formula is C10H18O. The minimum Gasteiger partial charge on any atom is -0.392 e. The third-order valence-electron chi connectivity index (χ3n) is 4.52. The first-order valence-corrected chi connectivity index (χ1v) is 4.65. The van der Waals surface area contributed by atoms with E-state index in [9.17, 15) is 5.11 Å². The molecular weight excluding hydrogens is 136 g/mol. The van der Waals surface area contributed by atoms with Gasteiger partial charge in [-0.05, 0) is 36.0 Å². The Morgan fingerprint density at radius 3 is 2.18 bits per heavy atom. The van der Waals surface area contributed by atoms with E-state index in [1.807, 2.05) is 0 Å². The summed E-state index contributed by atoms with van der Waals surface area (Å²) in [7, 11) is 0. The summed E-state index contributed by atoms with van der Waals surface area (Å²) in [4.78, 5) is 0. The van der Waals surface area contributed by atoms with E-state index in [4.69, 9.17) is 0 Å². The Balaban J connectivity index is 2.36. The van der Waals surface area contributed by atoms with Crippen molar-refractivity contribution in [3.05, 3.63) is 0 Å². The van der Waals surface area contributed by atoms with Crippen LogP contribution in [-0.4, -0.2) is 11.2 Å². The van der Waals surface area contributed by atoms with Crippen LogP contribution in [0.3, 0.4) is 0 Å². The van der Waals surface area contributed by atoms with Crippen molar-refractivity contribution < 1.29 is 5.11 Å². The molecule has 0 spiro atoms. The largest absolute Gasteiger partial charge is 0.392 e. The highest BCUT2D eigenvalue weighted by Gasteiger charge is 2.59. The molecule has 2 rings (SSSR count). The molecule has 0 radical (unpaired) electrons. The first-order chi connectivity index (χ1) is 4.97. The molecule has 0 aromatic rings. The Kier molecular flexibility index (Phi) is 1.26. The summed E-state index contributed by atoms with van der Waals surface area (Å²) >= 11 is 0. The molecule has 1 heteroatoms. The topological polar surface area (TPSA) is 20.2 Å². The van der Waals surface area contributed by atoms with Gasteiger partial charge in [-0.3, -0.25) is 0 Å². The highest BCUT2D eigenvalue weighted by atomic mass is 16.3. The van der Waals surface area contributed by atoms with Crippen LogP contribution in [0.4, 0.5) is 0 Å². The molecule has 0 amide bonds. The molecule has 2 bridgehead atoms. The lowest BCUT2D eigenvalue weighted by atomic mass is 9.65. The maximum Gasteiger partial charge on any atom is 0.0624 e. The molecule has 3 atom stereocenters. The maximum absolute atomic E-state index is 9.91. The molecule has 0 aromatic heterocycles. The Bertz CT molecular complexity index is 183. The van der Waals surface area contributed by atoms with Crippen LogP contribution < -0.4 is 0 Å². The van der Waals surface area contributed by atoms with Crippen molar-refractivity contribution in [1.29, 1.82) is 0 Å². The summed E-state index contributed by atoms with van der Waals surface area (Å²) in [5, 5.41) is 9.91. The van der Waals surface area contributed by atoms with Crippen molar-refractivity contribution in [1.82, 2.24) is 0 Å². The van der Waals surface area contributed by atoms with Crippen molar-refractivity contribution in [3.8, 4) is 0 Å². The number of rotatable bonds is 0. The van der Waals surface area contributed by atoms with Gasteiger partial charge in [-0.25, -0.2) is 0 Å². The molecule has 2 saturated carbocycles. The number of aliphatic hydroxyl groups is 1. The molecule has 1 nitrogen and oxygen atoms in total. The van der Waals surface area contributed by atoms with Crippen molar-refractivity contribution in [2.24, 2.45) is 16.7 Å². The Hall–Kier alpha value is -0.0400. The van der Waals surface area contributed by atoms with Gasteiger partial charge in [0.2, 0.25) is 0 Å². The SMILES string of the molecule is CC1(C)[C@@H](O)[C@@H]2CC[C@]1(C)C2. The lowest BCUT2D eigenvalue weighted by Gasteiger charge is -2.42. The third kappa shape index (κ3) is 0.703. The van der Waals surface area contributed by atoms with E-state index in [1.165, 1.54) is 19.3 Å². The molecule has 2 aliphatic carbocycles. The van der Waals surface area contributed by atoms with E-state index in [-0.39, 0.29) is 11.5 Å². The second-order valence-corrected chi connectivity index (χ2v) is 5.23. The quantitative estimate of drug-likeness (QED) is 0.567. The van der Waals surface area contributed by atoms with Gasteiger partial charge in [0.05, 0.1) is 6.10 Å². The van der Waals surface area contributed by atoms with Gasteiger partial charge in [0.15, 0.2) is 0 Å². The van der Waals surface area contributed by atoms with Crippen LogP contribution >= 0.6 is 0 Å². The van der Waals surface area contributed by atoms with Gasteiger partial charge in [-0.15, -0.1) is 0 Å². The fraction of sp³-hybridized carbons (Fsp3) is 1.00. The average molecular weight is 154 g/mol. The van der Waals surface area contributed by atoms with Crippen LogP contribution in [0.1, 0.15) is 40.0 Å². The number of aliphatic hydroxyl groups excluding tert-OH is 1. The zero-order chi connectivity index (χ0) is 8.28. The van der Waals surface area contributed by atoms with Crippen LogP contribution in [-0.2, 0) is 0 Å². The predicted molar refractivity (Wildman–Crippen MR) is 45.2 cm³/mol. The van der Waals surface area contributed by atoms with Gasteiger partial charge < -0.3 is 5.11 Å². The number of fused-ring (bicyclic) bond motifs is 2. The molecule has 1 N–H and O–H groups in total. The Labute approximate surface area is 68.8 Å². The second kappa shape index (κ2) is 1.82. The molecule has 0 saturated heterocycles. The van der Waals surface area contributed by atoms with E-state index in [0.717, 1.165) is 0 Å². The molecule has 0 aliphatic heterocycles. The van der Waals surface area contributed by atoms with Gasteiger partial charge >= 0.3 is 0 Å². The highest BCUT2D eigenvalue weighted by Crippen LogP contribution is 2.63. The molecule has 2 aliphatic rings. The minimum absolute atomic E-state index is 0.0405. The van der Waals surface area contributed by atoms with Crippen molar-refractivity contribution >= 4 is 0 Å². The predicted octanol–water partition coefficient (Wildman–Crippen LogP) is 2.19. The third-order valence-corrected chi connectivity index (χ3v) is 4.52. The van der Waals surface area contributed by atoms with Gasteiger partial charge in [-0.1, -0.05) is 20.8 Å². The Morgan fingerprint density at radius 1 is 1.27 bits per heavy atom. The fourth-order valence-electron chi connectivity index (χ4n) is 3.09. The van der Waals surface area contributed by atoms with Gasteiger partial charge in [0.1, 0.15) is 0 Å². The molecule has 11 heavy (non-hydrogen) atoms. The lowest BCUT2D eigenvalue weighted by Crippen LogP contribution is -2.40. The molecule has 0 heterocycles. The highest BCUT2D eigenvalue weighted by molar-refractivity contribution is 5.09. The summed E-state index contributed by atoms with van der Waals surface area (Å²) < 4.78 is 0.